The van der Waals surface area contributed by atoms with Gasteiger partial charge in [-0.1, -0.05) is 6.92 Å². The lowest BCUT2D eigenvalue weighted by Gasteiger charge is -2.41. The van der Waals surface area contributed by atoms with Crippen LogP contribution in [0.3, 0.4) is 0 Å². The molecular formula is C15H21NO2S. The lowest BCUT2D eigenvalue weighted by atomic mass is 9.77. The van der Waals surface area contributed by atoms with Crippen LogP contribution >= 0.6 is 11.3 Å². The molecule has 3 nitrogen and oxygen atoms in total. The van der Waals surface area contributed by atoms with E-state index in [1.54, 1.807) is 11.3 Å². The molecule has 104 valence electrons. The second-order valence-corrected chi connectivity index (χ2v) is 7.11. The molecule has 0 aromatic carbocycles. The van der Waals surface area contributed by atoms with Crippen molar-refractivity contribution in [2.45, 2.75) is 51.0 Å². The topological polar surface area (TPSA) is 49.3 Å². The number of aliphatic hydroxyl groups is 1. The van der Waals surface area contributed by atoms with Gasteiger partial charge < -0.3 is 10.4 Å². The zero-order valence-corrected chi connectivity index (χ0v) is 12.2. The molecule has 0 bridgehead atoms. The summed E-state index contributed by atoms with van der Waals surface area (Å²) in [7, 11) is 0. The SMILES string of the molecule is CC1CCc2c(C(=O)NC3(CO)CCC3)csc2C1. The Hall–Kier alpha value is -0.870. The molecule has 4 heteroatoms. The fraction of sp³-hybridized carbons (Fsp3) is 0.667. The smallest absolute Gasteiger partial charge is 0.252 e. The predicted molar refractivity (Wildman–Crippen MR) is 76.6 cm³/mol. The van der Waals surface area contributed by atoms with Crippen molar-refractivity contribution in [3.63, 3.8) is 0 Å². The Balaban J connectivity index is 1.77. The van der Waals surface area contributed by atoms with E-state index in [0.717, 1.165) is 43.6 Å². The van der Waals surface area contributed by atoms with E-state index in [0.29, 0.717) is 0 Å². The molecule has 1 aromatic heterocycles. The van der Waals surface area contributed by atoms with Gasteiger partial charge >= 0.3 is 0 Å². The average Bonchev–Trinajstić information content (AvgIpc) is 2.76. The number of aliphatic hydroxyl groups excluding tert-OH is 1. The lowest BCUT2D eigenvalue weighted by molar-refractivity contribution is 0.0641. The van der Waals surface area contributed by atoms with Gasteiger partial charge in [-0.05, 0) is 50.0 Å². The molecule has 1 heterocycles. The second kappa shape index (κ2) is 4.91. The Morgan fingerprint density at radius 3 is 3.00 bits per heavy atom. The average molecular weight is 279 g/mol. The first-order chi connectivity index (χ1) is 9.13. The molecule has 2 N–H and O–H groups in total. The summed E-state index contributed by atoms with van der Waals surface area (Å²) in [5, 5.41) is 14.5. The summed E-state index contributed by atoms with van der Waals surface area (Å²) >= 11 is 1.72. The minimum atomic E-state index is -0.339. The third kappa shape index (κ3) is 2.32. The Labute approximate surface area is 118 Å². The van der Waals surface area contributed by atoms with Crippen LogP contribution in [0.15, 0.2) is 5.38 Å². The molecule has 0 saturated heterocycles. The summed E-state index contributed by atoms with van der Waals surface area (Å²) in [6.07, 6.45) is 6.21. The Kier molecular flexibility index (Phi) is 3.39. The van der Waals surface area contributed by atoms with Gasteiger partial charge in [-0.2, -0.15) is 0 Å². The molecule has 1 saturated carbocycles. The molecular weight excluding hydrogens is 258 g/mol. The third-order valence-electron chi connectivity index (χ3n) is 4.64. The first-order valence-corrected chi connectivity index (χ1v) is 8.04. The van der Waals surface area contributed by atoms with Gasteiger partial charge in [0.2, 0.25) is 0 Å². The Morgan fingerprint density at radius 1 is 1.58 bits per heavy atom. The monoisotopic (exact) mass is 279 g/mol. The van der Waals surface area contributed by atoms with Crippen LogP contribution in [-0.4, -0.2) is 23.2 Å². The van der Waals surface area contributed by atoms with Crippen LogP contribution in [0.1, 0.15) is 53.4 Å². The normalized spacial score (nSPS) is 24.4. The first kappa shape index (κ1) is 13.1. The molecule has 3 rings (SSSR count). The van der Waals surface area contributed by atoms with Crippen LogP contribution < -0.4 is 5.32 Å². The molecule has 0 aliphatic heterocycles. The van der Waals surface area contributed by atoms with Gasteiger partial charge in [0.05, 0.1) is 17.7 Å². The molecule has 2 aliphatic rings. The van der Waals surface area contributed by atoms with Crippen molar-refractivity contribution in [2.24, 2.45) is 5.92 Å². The fourth-order valence-electron chi connectivity index (χ4n) is 3.10. The van der Waals surface area contributed by atoms with E-state index in [1.165, 1.54) is 16.9 Å². The number of carbonyl (C=O) groups excluding carboxylic acids is 1. The Morgan fingerprint density at radius 2 is 2.37 bits per heavy atom. The van der Waals surface area contributed by atoms with Crippen LogP contribution in [0.4, 0.5) is 0 Å². The fourth-order valence-corrected chi connectivity index (χ4v) is 4.35. The van der Waals surface area contributed by atoms with E-state index in [2.05, 4.69) is 12.2 Å². The zero-order valence-electron chi connectivity index (χ0n) is 11.4. The van der Waals surface area contributed by atoms with Crippen LogP contribution in [-0.2, 0) is 12.8 Å². The van der Waals surface area contributed by atoms with Crippen LogP contribution in [0.5, 0.6) is 0 Å². The number of hydrogen-bond acceptors (Lipinski definition) is 3. The number of hydrogen-bond donors (Lipinski definition) is 2. The number of amides is 1. The molecule has 0 spiro atoms. The highest BCUT2D eigenvalue weighted by molar-refractivity contribution is 7.10. The van der Waals surface area contributed by atoms with E-state index in [-0.39, 0.29) is 18.1 Å². The maximum atomic E-state index is 12.4. The number of thiophene rings is 1. The summed E-state index contributed by atoms with van der Waals surface area (Å²) in [5.41, 5.74) is 1.77. The zero-order chi connectivity index (χ0) is 13.5. The summed E-state index contributed by atoms with van der Waals surface area (Å²) in [5.74, 6) is 0.748. The number of fused-ring (bicyclic) bond motifs is 1. The molecule has 1 atom stereocenters. The quantitative estimate of drug-likeness (QED) is 0.893. The van der Waals surface area contributed by atoms with Crippen molar-refractivity contribution >= 4 is 17.2 Å². The van der Waals surface area contributed by atoms with Crippen LogP contribution in [0, 0.1) is 5.92 Å². The molecule has 1 aromatic rings. The summed E-state index contributed by atoms with van der Waals surface area (Å²) in [4.78, 5) is 13.8. The van der Waals surface area contributed by atoms with Gasteiger partial charge in [0.1, 0.15) is 0 Å². The van der Waals surface area contributed by atoms with Crippen molar-refractivity contribution in [3.05, 3.63) is 21.4 Å². The highest BCUT2D eigenvalue weighted by Crippen LogP contribution is 2.35. The Bertz CT molecular complexity index is 485. The summed E-state index contributed by atoms with van der Waals surface area (Å²) in [6, 6.07) is 0. The van der Waals surface area contributed by atoms with E-state index in [9.17, 15) is 9.90 Å². The van der Waals surface area contributed by atoms with Crippen LogP contribution in [0.2, 0.25) is 0 Å². The van der Waals surface area contributed by atoms with E-state index >= 15 is 0 Å². The minimum Gasteiger partial charge on any atom is -0.394 e. The van der Waals surface area contributed by atoms with E-state index in [4.69, 9.17) is 0 Å². The molecule has 1 fully saturated rings. The minimum absolute atomic E-state index is 0.0146. The van der Waals surface area contributed by atoms with Crippen LogP contribution in [0.25, 0.3) is 0 Å². The maximum Gasteiger partial charge on any atom is 0.252 e. The van der Waals surface area contributed by atoms with Gasteiger partial charge in [-0.25, -0.2) is 0 Å². The highest BCUT2D eigenvalue weighted by Gasteiger charge is 2.38. The van der Waals surface area contributed by atoms with Crippen molar-refractivity contribution in [2.75, 3.05) is 6.61 Å². The van der Waals surface area contributed by atoms with Crippen molar-refractivity contribution in [1.29, 1.82) is 0 Å². The highest BCUT2D eigenvalue weighted by atomic mass is 32.1. The van der Waals surface area contributed by atoms with Crippen molar-refractivity contribution in [1.82, 2.24) is 5.32 Å². The second-order valence-electron chi connectivity index (χ2n) is 6.15. The van der Waals surface area contributed by atoms with E-state index < -0.39 is 0 Å². The van der Waals surface area contributed by atoms with Gasteiger partial charge in [0, 0.05) is 10.3 Å². The van der Waals surface area contributed by atoms with Gasteiger partial charge in [-0.3, -0.25) is 4.79 Å². The summed E-state index contributed by atoms with van der Waals surface area (Å²) < 4.78 is 0. The largest absolute Gasteiger partial charge is 0.394 e. The third-order valence-corrected chi connectivity index (χ3v) is 5.69. The van der Waals surface area contributed by atoms with E-state index in [1.807, 2.05) is 5.38 Å². The lowest BCUT2D eigenvalue weighted by Crippen LogP contribution is -2.56. The standard InChI is InChI=1S/C15H21NO2S/c1-10-3-4-11-12(8-19-13(11)7-10)14(18)16-15(9-17)5-2-6-15/h8,10,17H,2-7,9H2,1H3,(H,16,18). The molecule has 19 heavy (non-hydrogen) atoms. The number of rotatable bonds is 3. The van der Waals surface area contributed by atoms with Gasteiger partial charge in [0.15, 0.2) is 0 Å². The summed E-state index contributed by atoms with van der Waals surface area (Å²) in [6.45, 7) is 2.33. The number of nitrogens with one attached hydrogen (secondary N) is 1. The van der Waals surface area contributed by atoms with Gasteiger partial charge in [-0.15, -0.1) is 11.3 Å². The number of carbonyl (C=O) groups is 1. The van der Waals surface area contributed by atoms with Gasteiger partial charge in [0.25, 0.3) is 5.91 Å². The maximum absolute atomic E-state index is 12.4. The molecule has 0 radical (unpaired) electrons. The molecule has 1 amide bonds. The molecule has 1 unspecified atom stereocenters. The van der Waals surface area contributed by atoms with Crippen molar-refractivity contribution < 1.29 is 9.90 Å². The first-order valence-electron chi connectivity index (χ1n) is 7.16. The predicted octanol–water partition coefficient (Wildman–Crippen LogP) is 2.52. The van der Waals surface area contributed by atoms with Crippen molar-refractivity contribution in [3.8, 4) is 0 Å². The molecule has 2 aliphatic carbocycles.